The van der Waals surface area contributed by atoms with Crippen LogP contribution in [-0.2, 0) is 4.79 Å². The Morgan fingerprint density at radius 1 is 0.828 bits per heavy atom. The van der Waals surface area contributed by atoms with E-state index >= 15 is 0 Å². The Balaban J connectivity index is 1.57. The predicted octanol–water partition coefficient (Wildman–Crippen LogP) is 4.05. The maximum absolute atomic E-state index is 12.9. The third-order valence-electron chi connectivity index (χ3n) is 6.37. The molecule has 152 valence electrons. The van der Waals surface area contributed by atoms with Gasteiger partial charge in [-0.05, 0) is 80.5 Å². The highest BCUT2D eigenvalue weighted by atomic mass is 16.2. The van der Waals surface area contributed by atoms with Crippen molar-refractivity contribution in [2.45, 2.75) is 57.5 Å². The zero-order valence-electron chi connectivity index (χ0n) is 17.0. The Morgan fingerprint density at radius 3 is 1.97 bits per heavy atom. The second-order valence-corrected chi connectivity index (χ2v) is 8.32. The fourth-order valence-electron chi connectivity index (χ4n) is 4.59. The van der Waals surface area contributed by atoms with E-state index in [1.54, 1.807) is 11.0 Å². The van der Waals surface area contributed by atoms with E-state index in [1.165, 1.54) is 6.42 Å². The minimum absolute atomic E-state index is 0.0846. The summed E-state index contributed by atoms with van der Waals surface area (Å²) in [5, 5.41) is 1.88. The second-order valence-electron chi connectivity index (χ2n) is 8.32. The van der Waals surface area contributed by atoms with Crippen molar-refractivity contribution in [3.63, 3.8) is 0 Å². The topological polar surface area (TPSA) is 57.7 Å². The first-order valence-corrected chi connectivity index (χ1v) is 10.7. The zero-order valence-corrected chi connectivity index (χ0v) is 17.0. The van der Waals surface area contributed by atoms with Crippen molar-refractivity contribution in [3.8, 4) is 0 Å². The molecule has 2 aliphatic heterocycles. The number of carbonyl (C=O) groups excluding carboxylic acids is 3. The third-order valence-corrected chi connectivity index (χ3v) is 6.37. The number of hydrogen-bond acceptors (Lipinski definition) is 3. The number of benzene rings is 2. The van der Waals surface area contributed by atoms with Crippen molar-refractivity contribution >= 4 is 28.9 Å². The number of amides is 2. The molecular weight excluding hydrogens is 364 g/mol. The molecule has 0 aromatic heterocycles. The van der Waals surface area contributed by atoms with E-state index in [0.29, 0.717) is 17.7 Å². The van der Waals surface area contributed by atoms with E-state index in [0.717, 1.165) is 55.7 Å². The first-order chi connectivity index (χ1) is 14.1. The highest BCUT2D eigenvalue weighted by Gasteiger charge is 2.27. The van der Waals surface area contributed by atoms with Crippen molar-refractivity contribution < 1.29 is 14.4 Å². The van der Waals surface area contributed by atoms with Crippen LogP contribution in [-0.4, -0.2) is 53.1 Å². The van der Waals surface area contributed by atoms with E-state index < -0.39 is 0 Å². The molecule has 0 bridgehead atoms. The first kappa shape index (κ1) is 19.6. The molecule has 2 atom stereocenters. The van der Waals surface area contributed by atoms with E-state index in [2.05, 4.69) is 6.92 Å². The molecule has 2 unspecified atom stereocenters. The average Bonchev–Trinajstić information content (AvgIpc) is 2.77. The molecule has 5 heteroatoms. The van der Waals surface area contributed by atoms with Gasteiger partial charge in [0.15, 0.2) is 0 Å². The van der Waals surface area contributed by atoms with Crippen LogP contribution in [0.25, 0.3) is 10.8 Å². The highest BCUT2D eigenvalue weighted by Crippen LogP contribution is 2.24. The molecule has 2 heterocycles. The molecule has 5 nitrogen and oxygen atoms in total. The van der Waals surface area contributed by atoms with E-state index in [-0.39, 0.29) is 23.9 Å². The lowest BCUT2D eigenvalue weighted by Crippen LogP contribution is -2.44. The molecule has 29 heavy (non-hydrogen) atoms. The fourth-order valence-corrected chi connectivity index (χ4v) is 4.59. The summed E-state index contributed by atoms with van der Waals surface area (Å²) in [6, 6.07) is 11.2. The maximum atomic E-state index is 12.9. The zero-order chi connectivity index (χ0) is 20.4. The van der Waals surface area contributed by atoms with Crippen molar-refractivity contribution in [2.24, 2.45) is 0 Å². The standard InChI is InChI=1S/C24H28N2O3/c1-17-6-2-4-12-25(17)23(28)20-10-8-19-15-21(11-9-18(19)14-20)24(29)26-13-5-3-7-22(26)16-27/h8-11,14-17,22H,2-7,12-13H2,1H3. The molecule has 0 aliphatic carbocycles. The fraction of sp³-hybridized carbons (Fsp3) is 0.458. The summed E-state index contributed by atoms with van der Waals surface area (Å²) < 4.78 is 0. The number of rotatable bonds is 3. The SMILES string of the molecule is CC1CCCCN1C(=O)c1ccc2cc(C(=O)N3CCCCC3C=O)ccc2c1. The average molecular weight is 392 g/mol. The number of carbonyl (C=O) groups is 3. The van der Waals surface area contributed by atoms with Crippen LogP contribution in [0.5, 0.6) is 0 Å². The first-order valence-electron chi connectivity index (χ1n) is 10.7. The summed E-state index contributed by atoms with van der Waals surface area (Å²) in [7, 11) is 0. The number of fused-ring (bicyclic) bond motifs is 1. The molecule has 2 amide bonds. The number of hydrogen-bond donors (Lipinski definition) is 0. The lowest BCUT2D eigenvalue weighted by atomic mass is 9.99. The summed E-state index contributed by atoms with van der Waals surface area (Å²) in [5.41, 5.74) is 1.29. The van der Waals surface area contributed by atoms with Crippen LogP contribution in [0.1, 0.15) is 66.2 Å². The molecule has 2 aromatic carbocycles. The van der Waals surface area contributed by atoms with Gasteiger partial charge in [-0.2, -0.15) is 0 Å². The van der Waals surface area contributed by atoms with Gasteiger partial charge in [0.05, 0.1) is 6.04 Å². The van der Waals surface area contributed by atoms with Crippen molar-refractivity contribution in [1.29, 1.82) is 0 Å². The highest BCUT2D eigenvalue weighted by molar-refractivity contribution is 6.02. The predicted molar refractivity (Wildman–Crippen MR) is 113 cm³/mol. The number of aldehydes is 1. The van der Waals surface area contributed by atoms with Gasteiger partial charge in [-0.15, -0.1) is 0 Å². The summed E-state index contributed by atoms with van der Waals surface area (Å²) in [6.45, 7) is 3.56. The van der Waals surface area contributed by atoms with Crippen LogP contribution in [0, 0.1) is 0 Å². The summed E-state index contributed by atoms with van der Waals surface area (Å²) in [6.07, 6.45) is 6.85. The van der Waals surface area contributed by atoms with E-state index in [9.17, 15) is 14.4 Å². The van der Waals surface area contributed by atoms with Gasteiger partial charge in [0.25, 0.3) is 11.8 Å². The van der Waals surface area contributed by atoms with Gasteiger partial charge in [-0.3, -0.25) is 9.59 Å². The Labute approximate surface area is 171 Å². The van der Waals surface area contributed by atoms with Gasteiger partial charge in [-0.1, -0.05) is 12.1 Å². The molecule has 0 N–H and O–H groups in total. The second kappa shape index (κ2) is 8.36. The molecule has 2 aromatic rings. The van der Waals surface area contributed by atoms with Gasteiger partial charge < -0.3 is 14.6 Å². The van der Waals surface area contributed by atoms with Crippen molar-refractivity contribution in [1.82, 2.24) is 9.80 Å². The largest absolute Gasteiger partial charge is 0.336 e. The van der Waals surface area contributed by atoms with Crippen LogP contribution in [0.15, 0.2) is 36.4 Å². The van der Waals surface area contributed by atoms with E-state index in [1.807, 2.05) is 35.2 Å². The Bertz CT molecular complexity index is 939. The van der Waals surface area contributed by atoms with Gasteiger partial charge >= 0.3 is 0 Å². The van der Waals surface area contributed by atoms with Crippen molar-refractivity contribution in [2.75, 3.05) is 13.1 Å². The van der Waals surface area contributed by atoms with Crippen LogP contribution in [0.2, 0.25) is 0 Å². The van der Waals surface area contributed by atoms with Gasteiger partial charge in [0.1, 0.15) is 6.29 Å². The maximum Gasteiger partial charge on any atom is 0.254 e. The molecular formula is C24H28N2O3. The Hall–Kier alpha value is -2.69. The normalized spacial score (nSPS) is 22.5. The number of nitrogens with zero attached hydrogens (tertiary/aromatic N) is 2. The summed E-state index contributed by atoms with van der Waals surface area (Å²) in [5.74, 6) is -0.00705. The lowest BCUT2D eigenvalue weighted by Gasteiger charge is -2.33. The Kier molecular flexibility index (Phi) is 5.65. The molecule has 0 spiro atoms. The summed E-state index contributed by atoms with van der Waals surface area (Å²) >= 11 is 0. The van der Waals surface area contributed by atoms with Gasteiger partial charge in [-0.25, -0.2) is 0 Å². The molecule has 0 saturated carbocycles. The molecule has 2 aliphatic rings. The van der Waals surface area contributed by atoms with Crippen LogP contribution >= 0.6 is 0 Å². The molecule has 2 saturated heterocycles. The third kappa shape index (κ3) is 3.91. The van der Waals surface area contributed by atoms with Crippen LogP contribution in [0.3, 0.4) is 0 Å². The minimum Gasteiger partial charge on any atom is -0.336 e. The number of piperidine rings is 2. The van der Waals surface area contributed by atoms with Crippen LogP contribution in [0.4, 0.5) is 0 Å². The smallest absolute Gasteiger partial charge is 0.254 e. The van der Waals surface area contributed by atoms with Gasteiger partial charge in [0.2, 0.25) is 0 Å². The van der Waals surface area contributed by atoms with Crippen LogP contribution < -0.4 is 0 Å². The lowest BCUT2D eigenvalue weighted by molar-refractivity contribution is -0.112. The van der Waals surface area contributed by atoms with Crippen molar-refractivity contribution in [3.05, 3.63) is 47.5 Å². The molecule has 4 rings (SSSR count). The molecule has 0 radical (unpaired) electrons. The minimum atomic E-state index is -0.321. The quantitative estimate of drug-likeness (QED) is 0.741. The summed E-state index contributed by atoms with van der Waals surface area (Å²) in [4.78, 5) is 40.9. The number of likely N-dealkylation sites (tertiary alicyclic amines) is 2. The Morgan fingerprint density at radius 2 is 1.38 bits per heavy atom. The monoisotopic (exact) mass is 392 g/mol. The van der Waals surface area contributed by atoms with E-state index in [4.69, 9.17) is 0 Å². The molecule has 2 fully saturated rings. The van der Waals surface area contributed by atoms with Gasteiger partial charge in [0, 0.05) is 30.3 Å².